The summed E-state index contributed by atoms with van der Waals surface area (Å²) in [6.07, 6.45) is 1.82. The first kappa shape index (κ1) is 10.7. The molecule has 3 N–H and O–H groups in total. The Hall–Kier alpha value is -2.20. The number of aromatic nitrogens is 1. The number of benzene rings is 2. The van der Waals surface area contributed by atoms with Crippen molar-refractivity contribution >= 4 is 34.2 Å². The number of anilines is 2. The molecule has 4 heteroatoms. The van der Waals surface area contributed by atoms with Gasteiger partial charge < -0.3 is 10.5 Å². The van der Waals surface area contributed by atoms with E-state index < -0.39 is 0 Å². The number of nitrogens with zero attached hydrogens (tertiary/aromatic N) is 1. The van der Waals surface area contributed by atoms with E-state index in [0.29, 0.717) is 0 Å². The van der Waals surface area contributed by atoms with Gasteiger partial charge in [0.25, 0.3) is 0 Å². The van der Waals surface area contributed by atoms with Gasteiger partial charge >= 0.3 is 0 Å². The van der Waals surface area contributed by atoms with Crippen LogP contribution in [0.3, 0.4) is 0 Å². The van der Waals surface area contributed by atoms with Gasteiger partial charge in [-0.25, -0.2) is 0 Å². The number of hydrogen-bond donors (Lipinski definition) is 2. The monoisotopic (exact) mass is 265 g/mol. The summed E-state index contributed by atoms with van der Waals surface area (Å²) in [4.78, 5) is 5.67. The molecule has 0 saturated heterocycles. The predicted octanol–water partition coefficient (Wildman–Crippen LogP) is 3.92. The highest BCUT2D eigenvalue weighted by molar-refractivity contribution is 8.00. The van der Waals surface area contributed by atoms with Gasteiger partial charge in [-0.3, -0.25) is 4.98 Å². The molecule has 2 heterocycles. The second kappa shape index (κ2) is 3.90. The lowest BCUT2D eigenvalue weighted by atomic mass is 10.0. The van der Waals surface area contributed by atoms with E-state index in [1.165, 1.54) is 10.5 Å². The van der Waals surface area contributed by atoms with Gasteiger partial charge in [0, 0.05) is 33.3 Å². The van der Waals surface area contributed by atoms with Crippen LogP contribution in [0.4, 0.5) is 11.4 Å². The molecule has 0 aliphatic carbocycles. The van der Waals surface area contributed by atoms with Crippen LogP contribution in [0.2, 0.25) is 0 Å². The molecule has 0 atom stereocenters. The van der Waals surface area contributed by atoms with Crippen molar-refractivity contribution in [1.82, 2.24) is 4.98 Å². The number of nitrogens with one attached hydrogen (secondary N) is 1. The molecule has 0 saturated carbocycles. The average molecular weight is 265 g/mol. The third-order valence-corrected chi connectivity index (χ3v) is 4.21. The zero-order valence-corrected chi connectivity index (χ0v) is 10.9. The number of pyridine rings is 1. The molecule has 2 aromatic carbocycles. The lowest BCUT2D eigenvalue weighted by molar-refractivity contribution is 1.39. The predicted molar refractivity (Wildman–Crippen MR) is 81.1 cm³/mol. The third kappa shape index (κ3) is 1.57. The van der Waals surface area contributed by atoms with Crippen LogP contribution in [-0.2, 0) is 0 Å². The van der Waals surface area contributed by atoms with Crippen molar-refractivity contribution in [2.75, 3.05) is 10.5 Å². The third-order valence-electron chi connectivity index (χ3n) is 3.33. The number of hydrogen-bond acceptors (Lipinski definition) is 4. The van der Waals surface area contributed by atoms with E-state index >= 15 is 0 Å². The van der Waals surface area contributed by atoms with Gasteiger partial charge in [-0.15, -0.1) is 0 Å². The maximum absolute atomic E-state index is 5.91. The van der Waals surface area contributed by atoms with E-state index in [4.69, 9.17) is 5.73 Å². The van der Waals surface area contributed by atoms with Crippen LogP contribution in [0.25, 0.3) is 22.0 Å². The molecule has 1 aromatic heterocycles. The summed E-state index contributed by atoms with van der Waals surface area (Å²) >= 11 is 1.61. The van der Waals surface area contributed by atoms with Crippen LogP contribution in [0.15, 0.2) is 53.6 Å². The Bertz CT molecular complexity index is 798. The van der Waals surface area contributed by atoms with Gasteiger partial charge in [0.05, 0.1) is 11.2 Å². The van der Waals surface area contributed by atoms with Gasteiger partial charge in [0.2, 0.25) is 0 Å². The summed E-state index contributed by atoms with van der Waals surface area (Å²) < 4.78 is 3.39. The maximum atomic E-state index is 5.91. The second-order valence-electron chi connectivity index (χ2n) is 4.52. The van der Waals surface area contributed by atoms with E-state index in [9.17, 15) is 0 Å². The summed E-state index contributed by atoms with van der Waals surface area (Å²) in [5.41, 5.74) is 11.1. The normalized spacial score (nSPS) is 12.6. The Morgan fingerprint density at radius 1 is 1.05 bits per heavy atom. The van der Waals surface area contributed by atoms with Crippen LogP contribution in [0.1, 0.15) is 0 Å². The van der Waals surface area contributed by atoms with Crippen molar-refractivity contribution in [3.8, 4) is 11.1 Å². The van der Waals surface area contributed by atoms with Crippen LogP contribution in [0.5, 0.6) is 0 Å². The highest BCUT2D eigenvalue weighted by Gasteiger charge is 2.19. The Morgan fingerprint density at radius 2 is 2.00 bits per heavy atom. The molecule has 92 valence electrons. The maximum Gasteiger partial charge on any atom is 0.0948 e. The smallest absolute Gasteiger partial charge is 0.0948 e. The SMILES string of the molecule is Nc1ccc2c(c1)-c1ccc3cccnc3c1NS2. The minimum Gasteiger partial charge on any atom is -0.399 e. The number of nitrogens with two attached hydrogens (primary N) is 1. The van der Waals surface area contributed by atoms with Crippen molar-refractivity contribution in [2.45, 2.75) is 4.90 Å². The van der Waals surface area contributed by atoms with E-state index in [-0.39, 0.29) is 0 Å². The Kier molecular flexibility index (Phi) is 2.19. The first-order chi connectivity index (χ1) is 9.33. The largest absolute Gasteiger partial charge is 0.399 e. The summed E-state index contributed by atoms with van der Waals surface area (Å²) in [7, 11) is 0. The lowest BCUT2D eigenvalue weighted by Crippen LogP contribution is -2.01. The first-order valence-electron chi connectivity index (χ1n) is 6.03. The first-order valence-corrected chi connectivity index (χ1v) is 6.85. The Morgan fingerprint density at radius 3 is 2.95 bits per heavy atom. The highest BCUT2D eigenvalue weighted by Crippen LogP contribution is 2.45. The van der Waals surface area contributed by atoms with Crippen molar-refractivity contribution in [1.29, 1.82) is 0 Å². The quantitative estimate of drug-likeness (QED) is 0.478. The Labute approximate surface area is 115 Å². The van der Waals surface area contributed by atoms with Crippen molar-refractivity contribution < 1.29 is 0 Å². The van der Waals surface area contributed by atoms with Gasteiger partial charge in [0.1, 0.15) is 0 Å². The molecule has 0 spiro atoms. The molecule has 4 rings (SSSR count). The summed E-state index contributed by atoms with van der Waals surface area (Å²) in [6.45, 7) is 0. The summed E-state index contributed by atoms with van der Waals surface area (Å²) in [5, 5.41) is 1.14. The van der Waals surface area contributed by atoms with Gasteiger partial charge in [-0.05, 0) is 36.2 Å². The molecule has 3 aromatic rings. The van der Waals surface area contributed by atoms with Gasteiger partial charge in [0.15, 0.2) is 0 Å². The van der Waals surface area contributed by atoms with Gasteiger partial charge in [-0.1, -0.05) is 18.2 Å². The molecule has 0 bridgehead atoms. The fourth-order valence-corrected chi connectivity index (χ4v) is 3.26. The number of rotatable bonds is 0. The molecular formula is C15H11N3S. The molecule has 3 nitrogen and oxygen atoms in total. The van der Waals surface area contributed by atoms with Crippen LogP contribution in [-0.4, -0.2) is 4.98 Å². The molecule has 0 unspecified atom stereocenters. The van der Waals surface area contributed by atoms with Crippen LogP contribution in [0, 0.1) is 0 Å². The van der Waals surface area contributed by atoms with E-state index in [1.807, 2.05) is 30.5 Å². The van der Waals surface area contributed by atoms with Crippen molar-refractivity contribution in [2.24, 2.45) is 0 Å². The standard InChI is InChI=1S/C15H11N3S/c16-10-4-6-13-12(8-10)11-5-3-9-2-1-7-17-14(9)15(11)18-19-13/h1-8,18H,16H2. The lowest BCUT2D eigenvalue weighted by Gasteiger charge is -2.21. The summed E-state index contributed by atoms with van der Waals surface area (Å²) in [5.74, 6) is 0. The average Bonchev–Trinajstić information content (AvgIpc) is 2.46. The molecule has 1 aliphatic heterocycles. The minimum atomic E-state index is 0.785. The second-order valence-corrected chi connectivity index (χ2v) is 5.37. The fourth-order valence-electron chi connectivity index (χ4n) is 2.43. The van der Waals surface area contributed by atoms with Gasteiger partial charge in [-0.2, -0.15) is 0 Å². The fraction of sp³-hybridized carbons (Fsp3) is 0. The molecule has 0 radical (unpaired) electrons. The van der Waals surface area contributed by atoms with Crippen molar-refractivity contribution in [3.63, 3.8) is 0 Å². The zero-order valence-electron chi connectivity index (χ0n) is 10.1. The minimum absolute atomic E-state index is 0.785. The van der Waals surface area contributed by atoms with E-state index in [1.54, 1.807) is 11.9 Å². The van der Waals surface area contributed by atoms with E-state index in [2.05, 4.69) is 27.9 Å². The summed E-state index contributed by atoms with van der Waals surface area (Å²) in [6, 6.07) is 14.3. The molecule has 0 amide bonds. The molecule has 0 fully saturated rings. The molecule has 1 aliphatic rings. The van der Waals surface area contributed by atoms with Crippen LogP contribution < -0.4 is 10.5 Å². The Balaban J connectivity index is 2.07. The van der Waals surface area contributed by atoms with E-state index in [0.717, 1.165) is 27.8 Å². The zero-order chi connectivity index (χ0) is 12.8. The molecular weight excluding hydrogens is 254 g/mol. The highest BCUT2D eigenvalue weighted by atomic mass is 32.2. The molecule has 19 heavy (non-hydrogen) atoms. The van der Waals surface area contributed by atoms with Crippen molar-refractivity contribution in [3.05, 3.63) is 48.7 Å². The number of fused-ring (bicyclic) bond motifs is 5. The number of nitrogen functional groups attached to an aromatic ring is 1. The topological polar surface area (TPSA) is 50.9 Å². The van der Waals surface area contributed by atoms with Crippen LogP contribution >= 0.6 is 11.9 Å².